The van der Waals surface area contributed by atoms with Crippen molar-refractivity contribution in [3.8, 4) is 0 Å². The summed E-state index contributed by atoms with van der Waals surface area (Å²) >= 11 is 0. The van der Waals surface area contributed by atoms with Gasteiger partial charge in [-0.25, -0.2) is 8.78 Å². The lowest BCUT2D eigenvalue weighted by molar-refractivity contribution is 0.619. The van der Waals surface area contributed by atoms with Gasteiger partial charge in [-0.05, 0) is 29.8 Å². The first-order valence-electron chi connectivity index (χ1n) is 5.09. The first-order valence-corrected chi connectivity index (χ1v) is 6.41. The average molecular weight is 268 g/mol. The topological polar surface area (TPSA) is 56.0 Å². The van der Waals surface area contributed by atoms with Crippen molar-refractivity contribution < 1.29 is 13.0 Å². The maximum atomic E-state index is 13.2. The lowest BCUT2D eigenvalue weighted by atomic mass is 10.3. The summed E-state index contributed by atoms with van der Waals surface area (Å²) in [5.74, 6) is -1.03. The molecule has 0 spiro atoms. The molecule has 0 aliphatic heterocycles. The fourth-order valence-electron chi connectivity index (χ4n) is 1.42. The molecule has 1 unspecified atom stereocenters. The maximum Gasteiger partial charge on any atom is 0.147 e. The Morgan fingerprint density at radius 1 is 1.22 bits per heavy atom. The number of nitrogens with two attached hydrogens (primary N) is 1. The normalized spacial score (nSPS) is 12.3. The number of anilines is 1. The molecule has 0 bridgehead atoms. The van der Waals surface area contributed by atoms with Crippen LogP contribution in [0, 0.1) is 11.6 Å². The Kier molecular flexibility index (Phi) is 3.66. The van der Waals surface area contributed by atoms with Crippen LogP contribution in [0.1, 0.15) is 5.56 Å². The third-order valence-corrected chi connectivity index (χ3v) is 3.67. The molecule has 1 aromatic carbocycles. The number of aromatic nitrogens is 1. The summed E-state index contributed by atoms with van der Waals surface area (Å²) in [5, 5.41) is 0. The number of hydrogen-bond donors (Lipinski definition) is 1. The van der Waals surface area contributed by atoms with Gasteiger partial charge in [0.25, 0.3) is 0 Å². The monoisotopic (exact) mass is 268 g/mol. The lowest BCUT2D eigenvalue weighted by Crippen LogP contribution is -1.99. The molecule has 0 radical (unpaired) electrons. The molecule has 1 heterocycles. The molecule has 94 valence electrons. The number of nitrogens with zero attached hydrogens (tertiary/aromatic N) is 1. The van der Waals surface area contributed by atoms with E-state index in [0.29, 0.717) is 10.5 Å². The SMILES string of the molecule is Nc1ccc(S(=O)Cc2cncc(F)c2)cc1F. The highest BCUT2D eigenvalue weighted by Crippen LogP contribution is 2.17. The standard InChI is InChI=1S/C12H10F2N2OS/c13-9-3-8(5-16-6-9)7-18(17)10-1-2-12(15)11(14)4-10/h1-6H,7,15H2. The summed E-state index contributed by atoms with van der Waals surface area (Å²) in [7, 11) is -1.46. The summed E-state index contributed by atoms with van der Waals surface area (Å²) in [4.78, 5) is 3.97. The third kappa shape index (κ3) is 2.89. The van der Waals surface area contributed by atoms with Crippen molar-refractivity contribution >= 4 is 16.5 Å². The third-order valence-electron chi connectivity index (χ3n) is 2.29. The molecule has 0 aliphatic carbocycles. The van der Waals surface area contributed by atoms with E-state index in [1.54, 1.807) is 0 Å². The first-order chi connectivity index (χ1) is 8.56. The number of halogens is 2. The van der Waals surface area contributed by atoms with Gasteiger partial charge >= 0.3 is 0 Å². The van der Waals surface area contributed by atoms with Crippen molar-refractivity contribution in [1.29, 1.82) is 0 Å². The van der Waals surface area contributed by atoms with E-state index >= 15 is 0 Å². The van der Waals surface area contributed by atoms with Gasteiger partial charge in [0.2, 0.25) is 0 Å². The van der Waals surface area contributed by atoms with E-state index in [1.807, 2.05) is 0 Å². The highest BCUT2D eigenvalue weighted by Gasteiger charge is 2.08. The van der Waals surface area contributed by atoms with E-state index in [0.717, 1.165) is 12.3 Å². The Bertz CT molecular complexity index is 604. The van der Waals surface area contributed by atoms with Crippen molar-refractivity contribution in [3.05, 3.63) is 53.9 Å². The van der Waals surface area contributed by atoms with Crippen molar-refractivity contribution in [3.63, 3.8) is 0 Å². The van der Waals surface area contributed by atoms with Gasteiger partial charge in [0, 0.05) is 11.1 Å². The summed E-state index contributed by atoms with van der Waals surface area (Å²) in [6, 6.07) is 5.21. The maximum absolute atomic E-state index is 13.2. The molecular formula is C12H10F2N2OS. The molecule has 2 rings (SSSR count). The second-order valence-electron chi connectivity index (χ2n) is 3.68. The van der Waals surface area contributed by atoms with E-state index in [9.17, 15) is 13.0 Å². The fraction of sp³-hybridized carbons (Fsp3) is 0.0833. The van der Waals surface area contributed by atoms with E-state index in [2.05, 4.69) is 4.98 Å². The minimum atomic E-state index is -1.46. The zero-order chi connectivity index (χ0) is 13.1. The minimum Gasteiger partial charge on any atom is -0.396 e. The zero-order valence-corrected chi connectivity index (χ0v) is 10.1. The van der Waals surface area contributed by atoms with Crippen molar-refractivity contribution in [2.24, 2.45) is 0 Å². The van der Waals surface area contributed by atoms with Gasteiger partial charge in [-0.15, -0.1) is 0 Å². The molecular weight excluding hydrogens is 258 g/mol. The highest BCUT2D eigenvalue weighted by molar-refractivity contribution is 7.84. The van der Waals surface area contributed by atoms with Crippen molar-refractivity contribution in [2.45, 2.75) is 10.6 Å². The van der Waals surface area contributed by atoms with E-state index < -0.39 is 22.4 Å². The van der Waals surface area contributed by atoms with E-state index in [1.165, 1.54) is 24.4 Å². The predicted octanol–water partition coefficient (Wildman–Crippen LogP) is 2.25. The van der Waals surface area contributed by atoms with Crippen molar-refractivity contribution in [2.75, 3.05) is 5.73 Å². The first kappa shape index (κ1) is 12.6. The summed E-state index contributed by atoms with van der Waals surface area (Å²) in [5.41, 5.74) is 5.82. The number of nitrogen functional groups attached to an aromatic ring is 1. The number of hydrogen-bond acceptors (Lipinski definition) is 3. The fourth-order valence-corrected chi connectivity index (χ4v) is 2.50. The Morgan fingerprint density at radius 3 is 2.67 bits per heavy atom. The number of benzene rings is 1. The quantitative estimate of drug-likeness (QED) is 0.869. The highest BCUT2D eigenvalue weighted by atomic mass is 32.2. The molecule has 2 N–H and O–H groups in total. The Labute approximate surface area is 105 Å². The number of pyridine rings is 1. The molecule has 0 saturated heterocycles. The molecule has 3 nitrogen and oxygen atoms in total. The summed E-state index contributed by atoms with van der Waals surface area (Å²) in [6.07, 6.45) is 2.49. The smallest absolute Gasteiger partial charge is 0.147 e. The molecule has 18 heavy (non-hydrogen) atoms. The molecule has 2 aromatic rings. The molecule has 1 atom stereocenters. The molecule has 6 heteroatoms. The zero-order valence-electron chi connectivity index (χ0n) is 9.27. The van der Waals surface area contributed by atoms with Crippen LogP contribution in [0.2, 0.25) is 0 Å². The van der Waals surface area contributed by atoms with Gasteiger partial charge in [0.15, 0.2) is 0 Å². The van der Waals surface area contributed by atoms with Crippen LogP contribution in [0.25, 0.3) is 0 Å². The average Bonchev–Trinajstić information content (AvgIpc) is 2.32. The second kappa shape index (κ2) is 5.22. The van der Waals surface area contributed by atoms with Crippen LogP contribution in [0.4, 0.5) is 14.5 Å². The van der Waals surface area contributed by atoms with Gasteiger partial charge < -0.3 is 5.73 Å². The van der Waals surface area contributed by atoms with Gasteiger partial charge in [-0.3, -0.25) is 9.19 Å². The van der Waals surface area contributed by atoms with Gasteiger partial charge in [-0.1, -0.05) is 0 Å². The Balaban J connectivity index is 2.19. The molecule has 0 aliphatic rings. The van der Waals surface area contributed by atoms with Crippen LogP contribution in [0.5, 0.6) is 0 Å². The van der Waals surface area contributed by atoms with Gasteiger partial charge in [0.1, 0.15) is 11.6 Å². The Morgan fingerprint density at radius 2 is 2.00 bits per heavy atom. The van der Waals surface area contributed by atoms with Crippen LogP contribution in [-0.2, 0) is 16.6 Å². The van der Waals surface area contributed by atoms with Crippen LogP contribution in [0.3, 0.4) is 0 Å². The Hall–Kier alpha value is -1.82. The van der Waals surface area contributed by atoms with Crippen LogP contribution in [-0.4, -0.2) is 9.19 Å². The molecule has 0 amide bonds. The molecule has 1 aromatic heterocycles. The van der Waals surface area contributed by atoms with Gasteiger partial charge in [-0.2, -0.15) is 0 Å². The second-order valence-corrected chi connectivity index (χ2v) is 5.14. The van der Waals surface area contributed by atoms with E-state index in [-0.39, 0.29) is 11.4 Å². The van der Waals surface area contributed by atoms with Crippen LogP contribution in [0.15, 0.2) is 41.6 Å². The van der Waals surface area contributed by atoms with Gasteiger partial charge in [0.05, 0.1) is 28.4 Å². The largest absolute Gasteiger partial charge is 0.396 e. The summed E-state index contributed by atoms with van der Waals surface area (Å²) < 4.78 is 38.1. The number of rotatable bonds is 3. The van der Waals surface area contributed by atoms with Crippen LogP contribution >= 0.6 is 0 Å². The van der Waals surface area contributed by atoms with Crippen LogP contribution < -0.4 is 5.73 Å². The lowest BCUT2D eigenvalue weighted by Gasteiger charge is -2.04. The van der Waals surface area contributed by atoms with E-state index in [4.69, 9.17) is 5.73 Å². The molecule has 0 saturated carbocycles. The predicted molar refractivity (Wildman–Crippen MR) is 65.1 cm³/mol. The summed E-state index contributed by atoms with van der Waals surface area (Å²) in [6.45, 7) is 0. The van der Waals surface area contributed by atoms with Crippen molar-refractivity contribution in [1.82, 2.24) is 4.98 Å². The minimum absolute atomic E-state index is 0.00294. The molecule has 0 fully saturated rings.